The highest BCUT2D eigenvalue weighted by atomic mass is 16.5. The van der Waals surface area contributed by atoms with E-state index < -0.39 is 0 Å². The van der Waals surface area contributed by atoms with Crippen LogP contribution in [0.5, 0.6) is 5.75 Å². The molecule has 0 aliphatic carbocycles. The molecule has 0 spiro atoms. The number of likely N-dealkylation sites (tertiary alicyclic amines) is 1. The summed E-state index contributed by atoms with van der Waals surface area (Å²) in [4.78, 5) is 27.8. The third-order valence-corrected chi connectivity index (χ3v) is 5.61. The summed E-state index contributed by atoms with van der Waals surface area (Å²) in [7, 11) is 3.27. The molecule has 1 aliphatic rings. The van der Waals surface area contributed by atoms with Crippen LogP contribution in [0.4, 0.5) is 0 Å². The van der Waals surface area contributed by atoms with Gasteiger partial charge in [0, 0.05) is 44.8 Å². The maximum Gasteiger partial charge on any atom is 0.253 e. The number of nitrogens with zero attached hydrogens (tertiary/aromatic N) is 1. The second-order valence-corrected chi connectivity index (χ2v) is 7.70. The van der Waals surface area contributed by atoms with Gasteiger partial charge in [0.05, 0.1) is 13.0 Å². The van der Waals surface area contributed by atoms with E-state index in [4.69, 9.17) is 9.47 Å². The lowest BCUT2D eigenvalue weighted by Crippen LogP contribution is -2.36. The van der Waals surface area contributed by atoms with Crippen molar-refractivity contribution in [2.24, 2.45) is 5.92 Å². The van der Waals surface area contributed by atoms with Crippen molar-refractivity contribution < 1.29 is 19.1 Å². The Balaban J connectivity index is 1.78. The Bertz CT molecular complexity index is 849. The molecule has 2 amide bonds. The van der Waals surface area contributed by atoms with Crippen molar-refractivity contribution in [1.82, 2.24) is 10.2 Å². The van der Waals surface area contributed by atoms with Crippen LogP contribution >= 0.6 is 0 Å². The number of carbonyl (C=O) groups excluding carboxylic acids is 2. The average molecular weight is 411 g/mol. The Labute approximate surface area is 178 Å². The summed E-state index contributed by atoms with van der Waals surface area (Å²) >= 11 is 0. The number of benzene rings is 2. The number of methoxy groups -OCH3 is 2. The standard InChI is InChI=1S/C24H30N2O4/c1-17-5-7-19(8-6-17)24(28)26-15-21(18-9-11-20(30-3)12-10-18)22(16-26)23(27)25-13-4-14-29-2/h5-12,21-22H,4,13-16H2,1-3H3,(H,25,27)/t21-,22-/m1/s1. The third-order valence-electron chi connectivity index (χ3n) is 5.61. The minimum atomic E-state index is -0.296. The Morgan fingerprint density at radius 3 is 2.37 bits per heavy atom. The van der Waals surface area contributed by atoms with Crippen molar-refractivity contribution in [3.05, 3.63) is 65.2 Å². The molecule has 1 N–H and O–H groups in total. The molecular weight excluding hydrogens is 380 g/mol. The fraction of sp³-hybridized carbons (Fsp3) is 0.417. The summed E-state index contributed by atoms with van der Waals surface area (Å²) in [6.45, 7) is 4.07. The molecule has 2 atom stereocenters. The summed E-state index contributed by atoms with van der Waals surface area (Å²) in [6, 6.07) is 15.3. The smallest absolute Gasteiger partial charge is 0.253 e. The van der Waals surface area contributed by atoms with Gasteiger partial charge in [-0.15, -0.1) is 0 Å². The Morgan fingerprint density at radius 2 is 1.73 bits per heavy atom. The summed E-state index contributed by atoms with van der Waals surface area (Å²) in [5.74, 6) is 0.349. The zero-order valence-corrected chi connectivity index (χ0v) is 17.9. The van der Waals surface area contributed by atoms with Gasteiger partial charge in [-0.3, -0.25) is 9.59 Å². The van der Waals surface area contributed by atoms with E-state index in [1.807, 2.05) is 55.5 Å². The molecule has 6 nitrogen and oxygen atoms in total. The molecule has 160 valence electrons. The van der Waals surface area contributed by atoms with Gasteiger partial charge in [-0.1, -0.05) is 29.8 Å². The van der Waals surface area contributed by atoms with Crippen LogP contribution in [-0.4, -0.2) is 57.2 Å². The molecule has 6 heteroatoms. The molecule has 2 aromatic carbocycles. The minimum absolute atomic E-state index is 0.0221. The van der Waals surface area contributed by atoms with Crippen molar-refractivity contribution >= 4 is 11.8 Å². The van der Waals surface area contributed by atoms with Crippen molar-refractivity contribution in [2.75, 3.05) is 40.5 Å². The van der Waals surface area contributed by atoms with E-state index in [-0.39, 0.29) is 23.7 Å². The van der Waals surface area contributed by atoms with E-state index in [1.54, 1.807) is 19.1 Å². The molecule has 0 bridgehead atoms. The van der Waals surface area contributed by atoms with Crippen LogP contribution in [0.2, 0.25) is 0 Å². The highest BCUT2D eigenvalue weighted by molar-refractivity contribution is 5.95. The topological polar surface area (TPSA) is 67.9 Å². The third kappa shape index (κ3) is 5.19. The van der Waals surface area contributed by atoms with Crippen LogP contribution in [0.25, 0.3) is 0 Å². The normalized spacial score (nSPS) is 18.3. The molecule has 1 aliphatic heterocycles. The lowest BCUT2D eigenvalue weighted by molar-refractivity contribution is -0.124. The first-order chi connectivity index (χ1) is 14.5. The van der Waals surface area contributed by atoms with Gasteiger partial charge >= 0.3 is 0 Å². The lowest BCUT2D eigenvalue weighted by atomic mass is 9.88. The minimum Gasteiger partial charge on any atom is -0.497 e. The Kier molecular flexibility index (Phi) is 7.46. The second kappa shape index (κ2) is 10.3. The number of nitrogens with one attached hydrogen (secondary N) is 1. The molecule has 30 heavy (non-hydrogen) atoms. The fourth-order valence-electron chi connectivity index (χ4n) is 3.86. The van der Waals surface area contributed by atoms with Gasteiger partial charge in [-0.05, 0) is 43.2 Å². The van der Waals surface area contributed by atoms with E-state index in [9.17, 15) is 9.59 Å². The van der Waals surface area contributed by atoms with E-state index in [0.717, 1.165) is 23.3 Å². The van der Waals surface area contributed by atoms with Gasteiger partial charge in [0.2, 0.25) is 5.91 Å². The lowest BCUT2D eigenvalue weighted by Gasteiger charge is -2.18. The van der Waals surface area contributed by atoms with Gasteiger partial charge in [0.25, 0.3) is 5.91 Å². The van der Waals surface area contributed by atoms with Gasteiger partial charge in [-0.2, -0.15) is 0 Å². The largest absolute Gasteiger partial charge is 0.497 e. The molecule has 0 saturated carbocycles. The van der Waals surface area contributed by atoms with Crippen LogP contribution in [0.1, 0.15) is 33.8 Å². The zero-order chi connectivity index (χ0) is 21.5. The molecule has 0 aromatic heterocycles. The number of hydrogen-bond acceptors (Lipinski definition) is 4. The van der Waals surface area contributed by atoms with Crippen LogP contribution in [0, 0.1) is 12.8 Å². The van der Waals surface area contributed by atoms with Crippen LogP contribution in [0.3, 0.4) is 0 Å². The predicted octanol–water partition coefficient (Wildman–Crippen LogP) is 3.01. The quantitative estimate of drug-likeness (QED) is 0.680. The molecule has 1 fully saturated rings. The molecule has 3 rings (SSSR count). The van der Waals surface area contributed by atoms with Crippen LogP contribution in [-0.2, 0) is 9.53 Å². The van der Waals surface area contributed by atoms with Crippen molar-refractivity contribution in [2.45, 2.75) is 19.3 Å². The average Bonchev–Trinajstić information content (AvgIpc) is 3.22. The maximum absolute atomic E-state index is 13.1. The Hall–Kier alpha value is -2.86. The highest BCUT2D eigenvalue weighted by Gasteiger charge is 2.40. The summed E-state index contributed by atoms with van der Waals surface area (Å²) in [5, 5.41) is 3.01. The summed E-state index contributed by atoms with van der Waals surface area (Å²) < 4.78 is 10.3. The molecule has 1 saturated heterocycles. The first-order valence-electron chi connectivity index (χ1n) is 10.3. The number of amides is 2. The summed E-state index contributed by atoms with van der Waals surface area (Å²) in [6.07, 6.45) is 0.758. The first-order valence-corrected chi connectivity index (χ1v) is 10.3. The van der Waals surface area contributed by atoms with Gasteiger partial charge in [-0.25, -0.2) is 0 Å². The summed E-state index contributed by atoms with van der Waals surface area (Å²) in [5.41, 5.74) is 2.79. The second-order valence-electron chi connectivity index (χ2n) is 7.70. The highest BCUT2D eigenvalue weighted by Crippen LogP contribution is 2.34. The fourth-order valence-corrected chi connectivity index (χ4v) is 3.86. The van der Waals surface area contributed by atoms with Gasteiger partial charge in [0.15, 0.2) is 0 Å². The molecular formula is C24H30N2O4. The van der Waals surface area contributed by atoms with E-state index in [2.05, 4.69) is 5.32 Å². The zero-order valence-electron chi connectivity index (χ0n) is 17.9. The van der Waals surface area contributed by atoms with Crippen molar-refractivity contribution in [3.63, 3.8) is 0 Å². The number of ether oxygens (including phenoxy) is 2. The van der Waals surface area contributed by atoms with E-state index in [1.165, 1.54) is 0 Å². The number of hydrogen-bond donors (Lipinski definition) is 1. The SMILES string of the molecule is COCCCNC(=O)[C@@H]1CN(C(=O)c2ccc(C)cc2)C[C@@H]1c1ccc(OC)cc1. The molecule has 0 radical (unpaired) electrons. The van der Waals surface area contributed by atoms with Crippen LogP contribution in [0.15, 0.2) is 48.5 Å². The number of carbonyl (C=O) groups is 2. The number of aryl methyl sites for hydroxylation is 1. The van der Waals surface area contributed by atoms with Crippen molar-refractivity contribution in [3.8, 4) is 5.75 Å². The van der Waals surface area contributed by atoms with Gasteiger partial charge in [0.1, 0.15) is 5.75 Å². The van der Waals surface area contributed by atoms with Gasteiger partial charge < -0.3 is 19.7 Å². The molecule has 2 aromatic rings. The molecule has 1 heterocycles. The first kappa shape index (κ1) is 21.8. The van der Waals surface area contributed by atoms with E-state index in [0.29, 0.717) is 31.8 Å². The molecule has 0 unspecified atom stereocenters. The Morgan fingerprint density at radius 1 is 1.03 bits per heavy atom. The van der Waals surface area contributed by atoms with Crippen molar-refractivity contribution in [1.29, 1.82) is 0 Å². The monoisotopic (exact) mass is 410 g/mol. The predicted molar refractivity (Wildman–Crippen MR) is 116 cm³/mol. The van der Waals surface area contributed by atoms with Crippen LogP contribution < -0.4 is 10.1 Å². The number of rotatable bonds is 8. The maximum atomic E-state index is 13.1. The van der Waals surface area contributed by atoms with E-state index >= 15 is 0 Å².